The molecule has 7 aromatic rings. The van der Waals surface area contributed by atoms with E-state index in [1.54, 1.807) is 0 Å². The Kier molecular flexibility index (Phi) is 7.04. The number of nitriles is 1. The molecule has 1 aliphatic heterocycles. The van der Waals surface area contributed by atoms with Crippen LogP contribution in [0.3, 0.4) is 0 Å². The van der Waals surface area contributed by atoms with Crippen LogP contribution < -0.4 is 9.80 Å². The monoisotopic (exact) mass is 618 g/mol. The normalized spacial score (nSPS) is 12.4. The Labute approximate surface area is 281 Å². The standard InChI is InChI=1S/C44H34N4/c1-44(2,3)33-26-24-31(25-27-33)36-28-37(32-22-20-30(29-45)21-23-32)46-43-35(36)14-11-19-42(43)48-40-17-9-7-15-38(40)47(34-12-5-4-6-13-34)39-16-8-10-18-41(39)48/h4-28H,1-3H3. The lowest BCUT2D eigenvalue weighted by molar-refractivity contribution is 0.590. The minimum Gasteiger partial charge on any atom is -0.306 e. The molecular weight excluding hydrogens is 585 g/mol. The van der Waals surface area contributed by atoms with Gasteiger partial charge in [0.05, 0.1) is 51.3 Å². The van der Waals surface area contributed by atoms with Crippen molar-refractivity contribution < 1.29 is 0 Å². The lowest BCUT2D eigenvalue weighted by atomic mass is 9.86. The molecule has 48 heavy (non-hydrogen) atoms. The van der Waals surface area contributed by atoms with E-state index in [1.165, 1.54) is 5.56 Å². The van der Waals surface area contributed by atoms with Crippen LogP contribution in [0.15, 0.2) is 152 Å². The highest BCUT2D eigenvalue weighted by Gasteiger charge is 2.31. The van der Waals surface area contributed by atoms with Crippen molar-refractivity contribution in [1.82, 2.24) is 4.98 Å². The van der Waals surface area contributed by atoms with Gasteiger partial charge in [-0.15, -0.1) is 0 Å². The van der Waals surface area contributed by atoms with E-state index in [9.17, 15) is 5.26 Å². The Morgan fingerprint density at radius 2 is 1.08 bits per heavy atom. The second kappa shape index (κ2) is 11.6. The van der Waals surface area contributed by atoms with Crippen LogP contribution >= 0.6 is 0 Å². The molecule has 230 valence electrons. The van der Waals surface area contributed by atoms with E-state index < -0.39 is 0 Å². The number of nitrogens with zero attached hydrogens (tertiary/aromatic N) is 4. The van der Waals surface area contributed by atoms with Crippen LogP contribution in [0, 0.1) is 11.3 Å². The molecule has 1 aliphatic rings. The molecule has 0 saturated heterocycles. The molecule has 0 radical (unpaired) electrons. The number of para-hydroxylation sites is 6. The summed E-state index contributed by atoms with van der Waals surface area (Å²) in [5, 5.41) is 10.5. The molecule has 0 atom stereocenters. The van der Waals surface area contributed by atoms with Crippen LogP contribution in [0.5, 0.6) is 0 Å². The number of hydrogen-bond acceptors (Lipinski definition) is 4. The zero-order valence-corrected chi connectivity index (χ0v) is 27.2. The zero-order chi connectivity index (χ0) is 32.8. The van der Waals surface area contributed by atoms with Gasteiger partial charge >= 0.3 is 0 Å². The first-order chi connectivity index (χ1) is 23.4. The van der Waals surface area contributed by atoms with Gasteiger partial charge in [-0.2, -0.15) is 5.26 Å². The molecule has 6 aromatic carbocycles. The maximum absolute atomic E-state index is 9.47. The maximum atomic E-state index is 9.47. The summed E-state index contributed by atoms with van der Waals surface area (Å²) in [6, 6.07) is 55.3. The molecule has 0 saturated carbocycles. The van der Waals surface area contributed by atoms with Crippen molar-refractivity contribution in [2.24, 2.45) is 0 Å². The number of fused-ring (bicyclic) bond motifs is 3. The molecule has 0 bridgehead atoms. The highest BCUT2D eigenvalue weighted by atomic mass is 15.3. The largest absolute Gasteiger partial charge is 0.306 e. The number of aromatic nitrogens is 1. The predicted molar refractivity (Wildman–Crippen MR) is 199 cm³/mol. The van der Waals surface area contributed by atoms with Gasteiger partial charge < -0.3 is 9.80 Å². The average molecular weight is 619 g/mol. The number of hydrogen-bond donors (Lipinski definition) is 0. The average Bonchev–Trinajstić information content (AvgIpc) is 3.13. The second-order valence-corrected chi connectivity index (χ2v) is 13.2. The van der Waals surface area contributed by atoms with Gasteiger partial charge in [0.1, 0.15) is 0 Å². The SMILES string of the molecule is CC(C)(C)c1ccc(-c2cc(-c3ccc(C#N)cc3)nc3c(N4c5ccccc5N(c5ccccc5)c5ccccc54)cccc23)cc1. The third kappa shape index (κ3) is 4.98. The summed E-state index contributed by atoms with van der Waals surface area (Å²) in [7, 11) is 0. The van der Waals surface area contributed by atoms with Crippen molar-refractivity contribution in [3.8, 4) is 28.5 Å². The topological polar surface area (TPSA) is 43.2 Å². The van der Waals surface area contributed by atoms with Crippen molar-refractivity contribution >= 4 is 45.0 Å². The van der Waals surface area contributed by atoms with Crippen molar-refractivity contribution in [3.05, 3.63) is 163 Å². The Hall–Kier alpha value is -6.18. The van der Waals surface area contributed by atoms with Gasteiger partial charge in [0, 0.05) is 16.6 Å². The fourth-order valence-electron chi connectivity index (χ4n) is 6.72. The van der Waals surface area contributed by atoms with E-state index in [1.807, 2.05) is 24.3 Å². The van der Waals surface area contributed by atoms with Crippen LogP contribution in [-0.4, -0.2) is 4.98 Å². The molecule has 2 heterocycles. The van der Waals surface area contributed by atoms with E-state index in [2.05, 4.69) is 164 Å². The predicted octanol–water partition coefficient (Wildman–Crippen LogP) is 12.0. The lowest BCUT2D eigenvalue weighted by Crippen LogP contribution is -2.24. The Morgan fingerprint density at radius 3 is 1.67 bits per heavy atom. The molecule has 0 aliphatic carbocycles. The number of rotatable bonds is 4. The van der Waals surface area contributed by atoms with E-state index in [0.717, 1.165) is 67.4 Å². The minimum atomic E-state index is 0.0579. The van der Waals surface area contributed by atoms with Gasteiger partial charge in [0.25, 0.3) is 0 Å². The smallest absolute Gasteiger partial charge is 0.0991 e. The van der Waals surface area contributed by atoms with Crippen LogP contribution in [0.4, 0.5) is 34.1 Å². The van der Waals surface area contributed by atoms with E-state index in [4.69, 9.17) is 4.98 Å². The van der Waals surface area contributed by atoms with Crippen LogP contribution in [0.1, 0.15) is 31.9 Å². The zero-order valence-electron chi connectivity index (χ0n) is 27.2. The van der Waals surface area contributed by atoms with Gasteiger partial charge in [-0.05, 0) is 82.8 Å². The summed E-state index contributed by atoms with van der Waals surface area (Å²) < 4.78 is 0. The molecule has 0 spiro atoms. The van der Waals surface area contributed by atoms with E-state index in [-0.39, 0.29) is 5.41 Å². The Morgan fingerprint density at radius 1 is 0.542 bits per heavy atom. The van der Waals surface area contributed by atoms with Crippen molar-refractivity contribution in [2.45, 2.75) is 26.2 Å². The highest BCUT2D eigenvalue weighted by molar-refractivity contribution is 6.09. The molecule has 0 unspecified atom stereocenters. The summed E-state index contributed by atoms with van der Waals surface area (Å²) in [6.07, 6.45) is 0. The van der Waals surface area contributed by atoms with Crippen molar-refractivity contribution in [3.63, 3.8) is 0 Å². The van der Waals surface area contributed by atoms with Crippen LogP contribution in [0.2, 0.25) is 0 Å². The molecular formula is C44H34N4. The van der Waals surface area contributed by atoms with Gasteiger partial charge in [-0.1, -0.05) is 112 Å². The fourth-order valence-corrected chi connectivity index (χ4v) is 6.72. The van der Waals surface area contributed by atoms with Gasteiger partial charge in [-0.3, -0.25) is 0 Å². The Bertz CT molecular complexity index is 2280. The summed E-state index contributed by atoms with van der Waals surface area (Å²) in [5.74, 6) is 0. The molecule has 0 amide bonds. The van der Waals surface area contributed by atoms with E-state index in [0.29, 0.717) is 5.56 Å². The first-order valence-electron chi connectivity index (χ1n) is 16.3. The molecule has 0 N–H and O–H groups in total. The number of pyridine rings is 1. The Balaban J connectivity index is 1.39. The third-order valence-corrected chi connectivity index (χ3v) is 9.17. The molecule has 4 heteroatoms. The van der Waals surface area contributed by atoms with Crippen molar-refractivity contribution in [1.29, 1.82) is 5.26 Å². The highest BCUT2D eigenvalue weighted by Crippen LogP contribution is 2.55. The molecule has 0 fully saturated rings. The summed E-state index contributed by atoms with van der Waals surface area (Å²) in [4.78, 5) is 10.1. The molecule has 4 nitrogen and oxygen atoms in total. The second-order valence-electron chi connectivity index (χ2n) is 13.2. The number of anilines is 6. The minimum absolute atomic E-state index is 0.0579. The maximum Gasteiger partial charge on any atom is 0.0991 e. The van der Waals surface area contributed by atoms with Gasteiger partial charge in [0.15, 0.2) is 0 Å². The molecule has 1 aromatic heterocycles. The van der Waals surface area contributed by atoms with Crippen molar-refractivity contribution in [2.75, 3.05) is 9.80 Å². The fraction of sp³-hybridized carbons (Fsp3) is 0.0909. The first kappa shape index (κ1) is 29.2. The summed E-state index contributed by atoms with van der Waals surface area (Å²) >= 11 is 0. The molecule has 8 rings (SSSR count). The van der Waals surface area contributed by atoms with E-state index >= 15 is 0 Å². The first-order valence-corrected chi connectivity index (χ1v) is 16.3. The van der Waals surface area contributed by atoms with Gasteiger partial charge in [-0.25, -0.2) is 4.98 Å². The van der Waals surface area contributed by atoms with Crippen LogP contribution in [0.25, 0.3) is 33.3 Å². The summed E-state index contributed by atoms with van der Waals surface area (Å²) in [5.41, 5.74) is 13.4. The summed E-state index contributed by atoms with van der Waals surface area (Å²) in [6.45, 7) is 6.73. The third-order valence-electron chi connectivity index (χ3n) is 9.17. The van der Waals surface area contributed by atoms with Gasteiger partial charge in [0.2, 0.25) is 0 Å². The lowest BCUT2D eigenvalue weighted by Gasteiger charge is -2.40. The number of benzene rings is 6. The van der Waals surface area contributed by atoms with Crippen LogP contribution in [-0.2, 0) is 5.41 Å². The quantitative estimate of drug-likeness (QED) is 0.197.